The van der Waals surface area contributed by atoms with Crippen LogP contribution in [0.3, 0.4) is 0 Å². The summed E-state index contributed by atoms with van der Waals surface area (Å²) in [6.45, 7) is 2.73. The summed E-state index contributed by atoms with van der Waals surface area (Å²) in [7, 11) is 0. The molecule has 0 aliphatic heterocycles. The first kappa shape index (κ1) is 13.7. The Balaban J connectivity index is 1.90. The van der Waals surface area contributed by atoms with Gasteiger partial charge in [0, 0.05) is 16.6 Å². The van der Waals surface area contributed by atoms with Gasteiger partial charge in [0.15, 0.2) is 0 Å². The van der Waals surface area contributed by atoms with Gasteiger partial charge < -0.3 is 0 Å². The second-order valence-electron chi connectivity index (χ2n) is 4.29. The van der Waals surface area contributed by atoms with Crippen LogP contribution in [0.5, 0.6) is 0 Å². The highest BCUT2D eigenvalue weighted by Crippen LogP contribution is 2.21. The first-order chi connectivity index (χ1) is 9.27. The average molecular weight is 270 g/mol. The van der Waals surface area contributed by atoms with Gasteiger partial charge in [0.2, 0.25) is 0 Å². The second-order valence-corrected chi connectivity index (χ2v) is 4.70. The molecule has 0 aromatic heterocycles. The molecule has 1 atom stereocenters. The van der Waals surface area contributed by atoms with Crippen molar-refractivity contribution >= 4 is 11.6 Å². The third kappa shape index (κ3) is 4.13. The van der Waals surface area contributed by atoms with Crippen molar-refractivity contribution in [2.75, 3.05) is 6.54 Å². The Bertz CT molecular complexity index is 581. The topological polar surface area (TPSA) is 12.0 Å². The van der Waals surface area contributed by atoms with Crippen LogP contribution in [0.25, 0.3) is 0 Å². The molecule has 2 rings (SSSR count). The van der Waals surface area contributed by atoms with Gasteiger partial charge in [-0.3, -0.25) is 5.32 Å². The molecule has 0 bridgehead atoms. The highest BCUT2D eigenvalue weighted by atomic mass is 35.5. The molecule has 1 unspecified atom stereocenters. The predicted octanol–water partition coefficient (Wildman–Crippen LogP) is 4.04. The maximum absolute atomic E-state index is 6.15. The van der Waals surface area contributed by atoms with Crippen molar-refractivity contribution in [2.24, 2.45) is 0 Å². The zero-order valence-electron chi connectivity index (χ0n) is 10.9. The summed E-state index contributed by atoms with van der Waals surface area (Å²) in [5, 5.41) is 4.14. The molecule has 19 heavy (non-hydrogen) atoms. The summed E-state index contributed by atoms with van der Waals surface area (Å²) in [6, 6.07) is 18.0. The Labute approximate surface area is 119 Å². The van der Waals surface area contributed by atoms with Gasteiger partial charge in [0.1, 0.15) is 0 Å². The molecule has 0 spiro atoms. The molecule has 0 saturated carbocycles. The van der Waals surface area contributed by atoms with Crippen molar-refractivity contribution in [3.63, 3.8) is 0 Å². The van der Waals surface area contributed by atoms with Crippen molar-refractivity contribution in [3.8, 4) is 11.8 Å². The second kappa shape index (κ2) is 6.99. The minimum atomic E-state index is 0.193. The number of halogens is 1. The van der Waals surface area contributed by atoms with Crippen LogP contribution in [0.2, 0.25) is 5.02 Å². The van der Waals surface area contributed by atoms with E-state index >= 15 is 0 Å². The maximum Gasteiger partial charge on any atom is 0.0584 e. The van der Waals surface area contributed by atoms with Crippen LogP contribution < -0.4 is 5.32 Å². The Morgan fingerprint density at radius 1 is 1.05 bits per heavy atom. The van der Waals surface area contributed by atoms with Crippen LogP contribution in [0, 0.1) is 11.8 Å². The standard InChI is InChI=1S/C17H16ClN/c1-14(16-11-5-6-12-17(16)18)19-13-7-10-15-8-3-2-4-9-15/h2-6,8-9,11-12,14,19H,13H2,1H3. The molecule has 2 aromatic carbocycles. The molecule has 0 heterocycles. The van der Waals surface area contributed by atoms with E-state index in [-0.39, 0.29) is 6.04 Å². The van der Waals surface area contributed by atoms with Crippen molar-refractivity contribution in [2.45, 2.75) is 13.0 Å². The summed E-state index contributed by atoms with van der Waals surface area (Å²) < 4.78 is 0. The quantitative estimate of drug-likeness (QED) is 0.829. The number of hydrogen-bond donors (Lipinski definition) is 1. The summed E-state index contributed by atoms with van der Waals surface area (Å²) in [6.07, 6.45) is 0. The van der Waals surface area contributed by atoms with E-state index in [2.05, 4.69) is 24.1 Å². The number of nitrogens with one attached hydrogen (secondary N) is 1. The first-order valence-electron chi connectivity index (χ1n) is 6.29. The highest BCUT2D eigenvalue weighted by molar-refractivity contribution is 6.31. The number of benzene rings is 2. The molecular formula is C17H16ClN. The molecule has 0 fully saturated rings. The summed E-state index contributed by atoms with van der Waals surface area (Å²) >= 11 is 6.15. The van der Waals surface area contributed by atoms with Gasteiger partial charge >= 0.3 is 0 Å². The third-order valence-corrected chi connectivity index (χ3v) is 3.22. The van der Waals surface area contributed by atoms with Gasteiger partial charge in [-0.15, -0.1) is 0 Å². The van der Waals surface area contributed by atoms with Crippen LogP contribution >= 0.6 is 11.6 Å². The predicted molar refractivity (Wildman–Crippen MR) is 81.2 cm³/mol. The number of hydrogen-bond acceptors (Lipinski definition) is 1. The van der Waals surface area contributed by atoms with E-state index in [1.165, 1.54) is 0 Å². The lowest BCUT2D eigenvalue weighted by Gasteiger charge is -2.13. The largest absolute Gasteiger partial charge is 0.300 e. The fraction of sp³-hybridized carbons (Fsp3) is 0.176. The fourth-order valence-corrected chi connectivity index (χ4v) is 2.11. The van der Waals surface area contributed by atoms with Crippen LogP contribution in [-0.4, -0.2) is 6.54 Å². The Morgan fingerprint density at radius 3 is 2.47 bits per heavy atom. The summed E-state index contributed by atoms with van der Waals surface area (Å²) in [4.78, 5) is 0. The van der Waals surface area contributed by atoms with Crippen molar-refractivity contribution < 1.29 is 0 Å². The number of rotatable bonds is 3. The van der Waals surface area contributed by atoms with E-state index in [0.717, 1.165) is 16.1 Å². The molecule has 96 valence electrons. The highest BCUT2D eigenvalue weighted by Gasteiger charge is 2.06. The lowest BCUT2D eigenvalue weighted by molar-refractivity contribution is 0.623. The van der Waals surface area contributed by atoms with E-state index in [4.69, 9.17) is 11.6 Å². The first-order valence-corrected chi connectivity index (χ1v) is 6.67. The van der Waals surface area contributed by atoms with Crippen molar-refractivity contribution in [1.29, 1.82) is 0 Å². The molecule has 2 heteroatoms. The SMILES string of the molecule is CC(NCC#Cc1ccccc1)c1ccccc1Cl. The lowest BCUT2D eigenvalue weighted by Crippen LogP contribution is -2.19. The van der Waals surface area contributed by atoms with Crippen LogP contribution in [0.15, 0.2) is 54.6 Å². The van der Waals surface area contributed by atoms with Crippen molar-refractivity contribution in [3.05, 3.63) is 70.7 Å². The van der Waals surface area contributed by atoms with Gasteiger partial charge in [0.25, 0.3) is 0 Å². The van der Waals surface area contributed by atoms with Gasteiger partial charge in [0.05, 0.1) is 6.54 Å². The summed E-state index contributed by atoms with van der Waals surface area (Å²) in [5.41, 5.74) is 2.14. The maximum atomic E-state index is 6.15. The minimum Gasteiger partial charge on any atom is -0.300 e. The molecule has 0 radical (unpaired) electrons. The average Bonchev–Trinajstić information content (AvgIpc) is 2.45. The van der Waals surface area contributed by atoms with Gasteiger partial charge in [-0.1, -0.05) is 59.8 Å². The van der Waals surface area contributed by atoms with E-state index in [1.807, 2.05) is 54.6 Å². The summed E-state index contributed by atoms with van der Waals surface area (Å²) in [5.74, 6) is 6.24. The van der Waals surface area contributed by atoms with Crippen molar-refractivity contribution in [1.82, 2.24) is 5.32 Å². The lowest BCUT2D eigenvalue weighted by atomic mass is 10.1. The molecule has 1 N–H and O–H groups in total. The molecule has 0 amide bonds. The molecule has 1 nitrogen and oxygen atoms in total. The molecule has 0 aliphatic carbocycles. The minimum absolute atomic E-state index is 0.193. The zero-order chi connectivity index (χ0) is 13.5. The fourth-order valence-electron chi connectivity index (χ4n) is 1.81. The smallest absolute Gasteiger partial charge is 0.0584 e. The monoisotopic (exact) mass is 269 g/mol. The van der Waals surface area contributed by atoms with Gasteiger partial charge in [-0.05, 0) is 30.7 Å². The van der Waals surface area contributed by atoms with E-state index in [0.29, 0.717) is 6.54 Å². The zero-order valence-corrected chi connectivity index (χ0v) is 11.6. The Morgan fingerprint density at radius 2 is 1.74 bits per heavy atom. The molecule has 0 aliphatic rings. The molecular weight excluding hydrogens is 254 g/mol. The van der Waals surface area contributed by atoms with E-state index in [9.17, 15) is 0 Å². The Hall–Kier alpha value is -1.75. The molecule has 2 aromatic rings. The third-order valence-electron chi connectivity index (χ3n) is 2.87. The normalized spacial score (nSPS) is 11.5. The van der Waals surface area contributed by atoms with Crippen LogP contribution in [-0.2, 0) is 0 Å². The Kier molecular flexibility index (Phi) is 5.03. The molecule has 0 saturated heterocycles. The van der Waals surface area contributed by atoms with Gasteiger partial charge in [-0.2, -0.15) is 0 Å². The van der Waals surface area contributed by atoms with Gasteiger partial charge in [-0.25, -0.2) is 0 Å². The van der Waals surface area contributed by atoms with Crippen LogP contribution in [0.4, 0.5) is 0 Å². The van der Waals surface area contributed by atoms with Crippen LogP contribution in [0.1, 0.15) is 24.1 Å². The van der Waals surface area contributed by atoms with E-state index < -0.39 is 0 Å². The van der Waals surface area contributed by atoms with E-state index in [1.54, 1.807) is 0 Å².